The van der Waals surface area contributed by atoms with Gasteiger partial charge in [-0.1, -0.05) is 36.4 Å². The minimum Gasteiger partial charge on any atom is -0.317 e. The predicted molar refractivity (Wildman–Crippen MR) is 54.2 cm³/mol. The molecule has 0 amide bonds. The molecule has 1 aromatic carbocycles. The van der Waals surface area contributed by atoms with Gasteiger partial charge in [0.15, 0.2) is 0 Å². The van der Waals surface area contributed by atoms with Crippen molar-refractivity contribution in [2.24, 2.45) is 5.73 Å². The topological polar surface area (TPSA) is 26.0 Å². The minimum atomic E-state index is -4.38. The molecule has 4 heteroatoms. The monoisotopic (exact) mass is 215 g/mol. The van der Waals surface area contributed by atoms with Crippen LogP contribution in [0.15, 0.2) is 30.3 Å². The summed E-state index contributed by atoms with van der Waals surface area (Å²) in [5.41, 5.74) is 6.60. The first-order chi connectivity index (χ1) is 6.91. The molecule has 2 N–H and O–H groups in total. The molecule has 1 aromatic rings. The van der Waals surface area contributed by atoms with Gasteiger partial charge < -0.3 is 5.73 Å². The number of alkyl halides is 3. The Kier molecular flexibility index (Phi) is 3.52. The molecule has 0 aliphatic carbocycles. The van der Waals surface area contributed by atoms with E-state index in [0.29, 0.717) is 0 Å². The number of aryl methyl sites for hydroxylation is 1. The SMILES string of the molecule is Cc1ccccc1C=C[C@H](N)C(F)(F)F. The molecule has 1 atom stereocenters. The molecule has 82 valence electrons. The first-order valence-electron chi connectivity index (χ1n) is 4.47. The summed E-state index contributed by atoms with van der Waals surface area (Å²) in [6.07, 6.45) is -2.02. The Balaban J connectivity index is 2.79. The van der Waals surface area contributed by atoms with Crippen molar-refractivity contribution in [3.8, 4) is 0 Å². The van der Waals surface area contributed by atoms with E-state index in [0.717, 1.165) is 17.2 Å². The fourth-order valence-electron chi connectivity index (χ4n) is 1.09. The van der Waals surface area contributed by atoms with Crippen molar-refractivity contribution in [2.45, 2.75) is 19.1 Å². The van der Waals surface area contributed by atoms with Crippen LogP contribution in [0.4, 0.5) is 13.2 Å². The van der Waals surface area contributed by atoms with Crippen LogP contribution in [-0.4, -0.2) is 12.2 Å². The lowest BCUT2D eigenvalue weighted by Gasteiger charge is -2.10. The van der Waals surface area contributed by atoms with Crippen LogP contribution < -0.4 is 5.73 Å². The van der Waals surface area contributed by atoms with Gasteiger partial charge in [-0.2, -0.15) is 13.2 Å². The fourth-order valence-corrected chi connectivity index (χ4v) is 1.09. The van der Waals surface area contributed by atoms with Crippen molar-refractivity contribution in [1.82, 2.24) is 0 Å². The second-order valence-corrected chi connectivity index (χ2v) is 3.28. The summed E-state index contributed by atoms with van der Waals surface area (Å²) in [4.78, 5) is 0. The van der Waals surface area contributed by atoms with E-state index < -0.39 is 12.2 Å². The number of rotatable bonds is 2. The Bertz CT molecular complexity index is 355. The van der Waals surface area contributed by atoms with E-state index in [1.807, 2.05) is 19.1 Å². The van der Waals surface area contributed by atoms with Crippen molar-refractivity contribution in [3.05, 3.63) is 41.5 Å². The number of benzene rings is 1. The van der Waals surface area contributed by atoms with E-state index in [2.05, 4.69) is 0 Å². The summed E-state index contributed by atoms with van der Waals surface area (Å²) in [5, 5.41) is 0. The van der Waals surface area contributed by atoms with Crippen LogP contribution in [0.2, 0.25) is 0 Å². The van der Waals surface area contributed by atoms with Crippen LogP contribution in [0.3, 0.4) is 0 Å². The molecule has 0 bridgehead atoms. The Morgan fingerprint density at radius 3 is 2.40 bits per heavy atom. The molecule has 0 aliphatic heterocycles. The average molecular weight is 215 g/mol. The molecule has 0 aliphatic rings. The van der Waals surface area contributed by atoms with Crippen LogP contribution in [0.5, 0.6) is 0 Å². The Morgan fingerprint density at radius 2 is 1.87 bits per heavy atom. The number of halogens is 3. The van der Waals surface area contributed by atoms with Crippen molar-refractivity contribution >= 4 is 6.08 Å². The Labute approximate surface area is 86.4 Å². The maximum Gasteiger partial charge on any atom is 0.407 e. The lowest BCUT2D eigenvalue weighted by atomic mass is 10.1. The minimum absolute atomic E-state index is 0.747. The number of nitrogens with two attached hydrogens (primary N) is 1. The maximum atomic E-state index is 12.1. The van der Waals surface area contributed by atoms with Crippen LogP contribution in [0.25, 0.3) is 6.08 Å². The fraction of sp³-hybridized carbons (Fsp3) is 0.273. The summed E-state index contributed by atoms with van der Waals surface area (Å²) in [6, 6.07) is 5.27. The van der Waals surface area contributed by atoms with Gasteiger partial charge in [0.25, 0.3) is 0 Å². The zero-order valence-electron chi connectivity index (χ0n) is 8.25. The van der Waals surface area contributed by atoms with Crippen molar-refractivity contribution in [1.29, 1.82) is 0 Å². The van der Waals surface area contributed by atoms with Gasteiger partial charge in [0.05, 0.1) is 0 Å². The standard InChI is InChI=1S/C11H12F3N/c1-8-4-2-3-5-9(8)6-7-10(15)11(12,13)14/h2-7,10H,15H2,1H3/t10-/m0/s1. The molecule has 0 saturated carbocycles. The highest BCUT2D eigenvalue weighted by Crippen LogP contribution is 2.20. The van der Waals surface area contributed by atoms with E-state index >= 15 is 0 Å². The van der Waals surface area contributed by atoms with Crippen LogP contribution in [-0.2, 0) is 0 Å². The molecule has 0 spiro atoms. The Hall–Kier alpha value is -1.29. The second kappa shape index (κ2) is 4.49. The molecule has 0 fully saturated rings. The molecular formula is C11H12F3N. The first kappa shape index (κ1) is 11.8. The molecule has 0 aromatic heterocycles. The summed E-state index contributed by atoms with van der Waals surface area (Å²) < 4.78 is 36.2. The third-order valence-electron chi connectivity index (χ3n) is 2.05. The van der Waals surface area contributed by atoms with Crippen molar-refractivity contribution < 1.29 is 13.2 Å². The van der Waals surface area contributed by atoms with Crippen LogP contribution >= 0.6 is 0 Å². The predicted octanol–water partition coefficient (Wildman–Crippen LogP) is 2.90. The molecule has 0 unspecified atom stereocenters. The molecule has 0 heterocycles. The smallest absolute Gasteiger partial charge is 0.317 e. The second-order valence-electron chi connectivity index (χ2n) is 3.28. The van der Waals surface area contributed by atoms with Crippen molar-refractivity contribution in [3.63, 3.8) is 0 Å². The molecule has 1 rings (SSSR count). The third-order valence-corrected chi connectivity index (χ3v) is 2.05. The van der Waals surface area contributed by atoms with E-state index in [-0.39, 0.29) is 0 Å². The van der Waals surface area contributed by atoms with Gasteiger partial charge >= 0.3 is 6.18 Å². The lowest BCUT2D eigenvalue weighted by Crippen LogP contribution is -2.35. The van der Waals surface area contributed by atoms with E-state index in [1.54, 1.807) is 12.1 Å². The first-order valence-corrected chi connectivity index (χ1v) is 4.47. The summed E-state index contributed by atoms with van der Waals surface area (Å²) in [7, 11) is 0. The highest BCUT2D eigenvalue weighted by molar-refractivity contribution is 5.53. The summed E-state index contributed by atoms with van der Waals surface area (Å²) >= 11 is 0. The quantitative estimate of drug-likeness (QED) is 0.806. The van der Waals surface area contributed by atoms with E-state index in [1.165, 1.54) is 6.08 Å². The normalized spacial score (nSPS) is 14.5. The summed E-state index contributed by atoms with van der Waals surface area (Å²) in [6.45, 7) is 1.83. The van der Waals surface area contributed by atoms with Crippen LogP contribution in [0, 0.1) is 6.92 Å². The maximum absolute atomic E-state index is 12.1. The van der Waals surface area contributed by atoms with E-state index in [9.17, 15) is 13.2 Å². The zero-order valence-corrected chi connectivity index (χ0v) is 8.25. The lowest BCUT2D eigenvalue weighted by molar-refractivity contribution is -0.136. The van der Waals surface area contributed by atoms with E-state index in [4.69, 9.17) is 5.73 Å². The van der Waals surface area contributed by atoms with Gasteiger partial charge in [-0.25, -0.2) is 0 Å². The van der Waals surface area contributed by atoms with Gasteiger partial charge in [-0.3, -0.25) is 0 Å². The third kappa shape index (κ3) is 3.40. The van der Waals surface area contributed by atoms with Gasteiger partial charge in [-0.05, 0) is 18.1 Å². The molecular weight excluding hydrogens is 203 g/mol. The number of hydrogen-bond acceptors (Lipinski definition) is 1. The molecule has 0 radical (unpaired) electrons. The van der Waals surface area contributed by atoms with Gasteiger partial charge in [0, 0.05) is 0 Å². The summed E-state index contributed by atoms with van der Waals surface area (Å²) in [5.74, 6) is 0. The highest BCUT2D eigenvalue weighted by Gasteiger charge is 2.34. The van der Waals surface area contributed by atoms with Gasteiger partial charge in [0.1, 0.15) is 6.04 Å². The highest BCUT2D eigenvalue weighted by atomic mass is 19.4. The average Bonchev–Trinajstić information content (AvgIpc) is 2.14. The van der Waals surface area contributed by atoms with Gasteiger partial charge in [-0.15, -0.1) is 0 Å². The number of hydrogen-bond donors (Lipinski definition) is 1. The largest absolute Gasteiger partial charge is 0.407 e. The molecule has 1 nitrogen and oxygen atoms in total. The van der Waals surface area contributed by atoms with Crippen LogP contribution in [0.1, 0.15) is 11.1 Å². The Morgan fingerprint density at radius 1 is 1.27 bits per heavy atom. The zero-order chi connectivity index (χ0) is 11.5. The molecule has 0 saturated heterocycles. The molecule has 15 heavy (non-hydrogen) atoms. The van der Waals surface area contributed by atoms with Gasteiger partial charge in [0.2, 0.25) is 0 Å². The van der Waals surface area contributed by atoms with Crippen molar-refractivity contribution in [2.75, 3.05) is 0 Å².